The lowest BCUT2D eigenvalue weighted by Crippen LogP contribution is -2.59. The Kier molecular flexibility index (Phi) is 9.94. The molecule has 0 bridgehead atoms. The molecule has 2 heterocycles. The van der Waals surface area contributed by atoms with E-state index in [1.54, 1.807) is 13.0 Å². The van der Waals surface area contributed by atoms with Gasteiger partial charge in [-0.2, -0.15) is 13.2 Å². The van der Waals surface area contributed by atoms with Gasteiger partial charge in [-0.3, -0.25) is 19.1 Å². The first-order valence-corrected chi connectivity index (χ1v) is 17.6. The van der Waals surface area contributed by atoms with Crippen molar-refractivity contribution in [1.82, 2.24) is 20.3 Å². The second-order valence-corrected chi connectivity index (χ2v) is 16.9. The third-order valence-electron chi connectivity index (χ3n) is 8.91. The minimum absolute atomic E-state index is 0.0434. The van der Waals surface area contributed by atoms with Crippen molar-refractivity contribution in [2.45, 2.75) is 111 Å². The Morgan fingerprint density at radius 3 is 2.41 bits per heavy atom. The van der Waals surface area contributed by atoms with Crippen molar-refractivity contribution in [2.24, 2.45) is 17.8 Å². The number of nitrogens with one attached hydrogen (secondary N) is 3. The molecule has 16 heteroatoms. The van der Waals surface area contributed by atoms with Crippen LogP contribution in [0.4, 0.5) is 18.0 Å². The zero-order chi connectivity index (χ0) is 32.8. The SMILES string of the molecule is C[C@@H]1CC/C=C\[C@@H]2C[C@@]2(C(=O)NS(=O)(=O)C2CC2)NC(=O)[C@@H]2C[C@@H](I)CN2C(=O)[C@@H](NC(=O)OC(C)(C)C(F)(F)F)[C@H](C)C1. The van der Waals surface area contributed by atoms with E-state index in [1.165, 1.54) is 4.90 Å². The summed E-state index contributed by atoms with van der Waals surface area (Å²) < 4.78 is 72.0. The number of hydrogen-bond acceptors (Lipinski definition) is 7. The molecule has 248 valence electrons. The second kappa shape index (κ2) is 12.6. The molecule has 4 amide bonds. The lowest BCUT2D eigenvalue weighted by Gasteiger charge is -2.34. The molecule has 2 aliphatic carbocycles. The van der Waals surface area contributed by atoms with Crippen LogP contribution in [0.3, 0.4) is 0 Å². The molecule has 3 N–H and O–H groups in total. The summed E-state index contributed by atoms with van der Waals surface area (Å²) >= 11 is 2.09. The van der Waals surface area contributed by atoms with Crippen molar-refractivity contribution in [1.29, 1.82) is 0 Å². The van der Waals surface area contributed by atoms with Crippen molar-refractivity contribution in [3.05, 3.63) is 12.2 Å². The largest absolute Gasteiger partial charge is 0.434 e. The predicted octanol–water partition coefficient (Wildman–Crippen LogP) is 3.32. The highest BCUT2D eigenvalue weighted by Crippen LogP contribution is 2.46. The van der Waals surface area contributed by atoms with Crippen LogP contribution in [0.25, 0.3) is 0 Å². The van der Waals surface area contributed by atoms with E-state index < -0.39 is 80.3 Å². The van der Waals surface area contributed by atoms with Crippen LogP contribution >= 0.6 is 22.6 Å². The first kappa shape index (κ1) is 34.8. The Bertz CT molecular complexity index is 1310. The Morgan fingerprint density at radius 1 is 1.14 bits per heavy atom. The van der Waals surface area contributed by atoms with Crippen LogP contribution in [-0.4, -0.2) is 82.3 Å². The van der Waals surface area contributed by atoms with Gasteiger partial charge in [0.25, 0.3) is 5.91 Å². The van der Waals surface area contributed by atoms with Gasteiger partial charge in [0.1, 0.15) is 17.6 Å². The third kappa shape index (κ3) is 7.64. The number of sulfonamides is 1. The van der Waals surface area contributed by atoms with Crippen molar-refractivity contribution in [3.63, 3.8) is 0 Å². The summed E-state index contributed by atoms with van der Waals surface area (Å²) in [5.41, 5.74) is -4.31. The van der Waals surface area contributed by atoms with Crippen LogP contribution in [-0.2, 0) is 29.1 Å². The molecule has 4 rings (SSSR count). The van der Waals surface area contributed by atoms with Crippen LogP contribution in [0.2, 0.25) is 0 Å². The average Bonchev–Trinajstić information content (AvgIpc) is 3.81. The van der Waals surface area contributed by atoms with Crippen LogP contribution in [0, 0.1) is 17.8 Å². The Balaban J connectivity index is 1.62. The number of ether oxygens (including phenoxy) is 1. The number of alkyl halides is 4. The molecular weight excluding hydrogens is 720 g/mol. The van der Waals surface area contributed by atoms with Crippen LogP contribution in [0.15, 0.2) is 12.2 Å². The molecule has 0 spiro atoms. The summed E-state index contributed by atoms with van der Waals surface area (Å²) in [4.78, 5) is 55.1. The maximum Gasteiger partial charge on any atom is 0.427 e. The molecule has 0 aromatic carbocycles. The number of amides is 4. The summed E-state index contributed by atoms with van der Waals surface area (Å²) in [6.45, 7) is 5.21. The minimum atomic E-state index is -4.85. The van der Waals surface area contributed by atoms with Crippen molar-refractivity contribution in [3.8, 4) is 0 Å². The molecule has 2 aliphatic heterocycles. The monoisotopic (exact) mass is 760 g/mol. The van der Waals surface area contributed by atoms with E-state index in [4.69, 9.17) is 4.74 Å². The van der Waals surface area contributed by atoms with Gasteiger partial charge in [-0.15, -0.1) is 0 Å². The topological polar surface area (TPSA) is 151 Å². The summed E-state index contributed by atoms with van der Waals surface area (Å²) in [7, 11) is -3.88. The normalized spacial score (nSPS) is 34.4. The van der Waals surface area contributed by atoms with Crippen LogP contribution < -0.4 is 15.4 Å². The van der Waals surface area contributed by atoms with E-state index in [2.05, 4.69) is 37.9 Å². The molecule has 2 saturated carbocycles. The van der Waals surface area contributed by atoms with Gasteiger partial charge < -0.3 is 20.3 Å². The molecule has 44 heavy (non-hydrogen) atoms. The fourth-order valence-electron chi connectivity index (χ4n) is 5.85. The molecule has 0 aromatic heterocycles. The van der Waals surface area contributed by atoms with Gasteiger partial charge in [-0.1, -0.05) is 48.6 Å². The van der Waals surface area contributed by atoms with E-state index in [0.29, 0.717) is 46.0 Å². The highest BCUT2D eigenvalue weighted by molar-refractivity contribution is 14.1. The molecule has 0 radical (unpaired) electrons. The first-order chi connectivity index (χ1) is 20.3. The number of fused-ring (bicyclic) bond motifs is 2. The first-order valence-electron chi connectivity index (χ1n) is 14.8. The number of allylic oxidation sites excluding steroid dienone is 1. The van der Waals surface area contributed by atoms with Crippen molar-refractivity contribution < 1.29 is 45.5 Å². The van der Waals surface area contributed by atoms with Gasteiger partial charge in [-0.05, 0) is 70.6 Å². The van der Waals surface area contributed by atoms with E-state index in [1.807, 2.05) is 13.0 Å². The highest BCUT2D eigenvalue weighted by atomic mass is 127. The van der Waals surface area contributed by atoms with Gasteiger partial charge in [0.2, 0.25) is 27.4 Å². The lowest BCUT2D eigenvalue weighted by molar-refractivity contribution is -0.244. The summed E-state index contributed by atoms with van der Waals surface area (Å²) in [5.74, 6) is -3.05. The zero-order valence-electron chi connectivity index (χ0n) is 25.1. The quantitative estimate of drug-likeness (QED) is 0.221. The Hall–Kier alpha value is -2.11. The Labute approximate surface area is 269 Å². The molecule has 0 aromatic rings. The molecule has 1 saturated heterocycles. The van der Waals surface area contributed by atoms with Crippen molar-refractivity contribution >= 4 is 56.4 Å². The number of halogens is 4. The number of nitrogens with zero attached hydrogens (tertiary/aromatic N) is 1. The lowest BCUT2D eigenvalue weighted by atomic mass is 9.88. The maximum absolute atomic E-state index is 14.0. The molecule has 7 atom stereocenters. The highest BCUT2D eigenvalue weighted by Gasteiger charge is 2.62. The van der Waals surface area contributed by atoms with Crippen LogP contribution in [0.1, 0.15) is 72.6 Å². The van der Waals surface area contributed by atoms with Gasteiger partial charge in [0, 0.05) is 16.4 Å². The van der Waals surface area contributed by atoms with Gasteiger partial charge in [-0.25, -0.2) is 13.2 Å². The fourth-order valence-corrected chi connectivity index (χ4v) is 8.12. The van der Waals surface area contributed by atoms with Gasteiger partial charge in [0.05, 0.1) is 5.25 Å². The van der Waals surface area contributed by atoms with Gasteiger partial charge >= 0.3 is 12.3 Å². The van der Waals surface area contributed by atoms with Crippen molar-refractivity contribution in [2.75, 3.05) is 6.54 Å². The molecule has 0 unspecified atom stereocenters. The van der Waals surface area contributed by atoms with E-state index in [0.717, 1.165) is 0 Å². The number of hydrogen-bond donors (Lipinski definition) is 3. The summed E-state index contributed by atoms with van der Waals surface area (Å²) in [6.07, 6.45) is 0.446. The summed E-state index contributed by atoms with van der Waals surface area (Å²) in [6, 6.07) is -2.35. The average molecular weight is 761 g/mol. The maximum atomic E-state index is 14.0. The van der Waals surface area contributed by atoms with Gasteiger partial charge in [0.15, 0.2) is 0 Å². The molecular formula is C28H40F3IN4O7S. The molecule has 11 nitrogen and oxygen atoms in total. The zero-order valence-corrected chi connectivity index (χ0v) is 28.1. The number of carbonyl (C=O) groups excluding carboxylic acids is 4. The predicted molar refractivity (Wildman–Crippen MR) is 162 cm³/mol. The smallest absolute Gasteiger partial charge is 0.427 e. The van der Waals surface area contributed by atoms with E-state index in [9.17, 15) is 40.8 Å². The number of rotatable bonds is 5. The third-order valence-corrected chi connectivity index (χ3v) is 11.6. The fraction of sp³-hybridized carbons (Fsp3) is 0.786. The Morgan fingerprint density at radius 2 is 1.80 bits per heavy atom. The second-order valence-electron chi connectivity index (χ2n) is 13.1. The number of carbonyl (C=O) groups is 4. The molecule has 4 aliphatic rings. The number of alkyl carbamates (subject to hydrolysis) is 1. The minimum Gasteiger partial charge on any atom is -0.434 e. The van der Waals surface area contributed by atoms with Crippen LogP contribution in [0.5, 0.6) is 0 Å². The molecule has 3 fully saturated rings. The summed E-state index contributed by atoms with van der Waals surface area (Å²) in [5, 5.41) is 4.47. The van der Waals surface area contributed by atoms with E-state index >= 15 is 0 Å². The standard InChI is InChI=1S/C28H40F3IN4O7S/c1-15-7-5-6-8-17-13-27(17,24(39)35-44(41,42)19-9-10-19)34-22(37)20-12-18(32)14-36(20)23(38)21(16(2)11-15)33-25(40)43-26(3,4)28(29,30)31/h6,8,15-21H,5,7,9-14H2,1-4H3,(H,33,40)(H,34,37)(H,35,39)/b8-6-/t15-,16-,17-,18-,20+,21+,27-/m1/s1. The van der Waals surface area contributed by atoms with E-state index in [-0.39, 0.29) is 29.2 Å².